The van der Waals surface area contributed by atoms with Crippen molar-refractivity contribution in [3.63, 3.8) is 0 Å². The van der Waals surface area contributed by atoms with Gasteiger partial charge in [-0.15, -0.1) is 11.3 Å². The second-order valence-corrected chi connectivity index (χ2v) is 9.88. The van der Waals surface area contributed by atoms with Crippen molar-refractivity contribution in [3.8, 4) is 10.4 Å². The van der Waals surface area contributed by atoms with E-state index in [-0.39, 0.29) is 23.7 Å². The van der Waals surface area contributed by atoms with Crippen LogP contribution >= 0.6 is 11.3 Å². The lowest BCUT2D eigenvalue weighted by Crippen LogP contribution is -2.48. The molecule has 0 spiro atoms. The van der Waals surface area contributed by atoms with Gasteiger partial charge in [-0.25, -0.2) is 9.37 Å². The van der Waals surface area contributed by atoms with Crippen molar-refractivity contribution < 1.29 is 22.4 Å². The Morgan fingerprint density at radius 1 is 1.24 bits per heavy atom. The van der Waals surface area contributed by atoms with Crippen molar-refractivity contribution in [2.75, 3.05) is 6.54 Å². The van der Waals surface area contributed by atoms with E-state index in [1.807, 2.05) is 11.8 Å². The Morgan fingerprint density at radius 2 is 2.03 bits per heavy atom. The smallest absolute Gasteiger partial charge is 0.334 e. The summed E-state index contributed by atoms with van der Waals surface area (Å²) in [5.41, 5.74) is 0.718. The highest BCUT2D eigenvalue weighted by atomic mass is 32.1. The van der Waals surface area contributed by atoms with Crippen LogP contribution in [0.15, 0.2) is 42.6 Å². The minimum Gasteiger partial charge on any atom is -0.334 e. The van der Waals surface area contributed by atoms with Gasteiger partial charge in [0, 0.05) is 24.5 Å². The lowest BCUT2D eigenvalue weighted by molar-refractivity contribution is -0.137. The van der Waals surface area contributed by atoms with Crippen molar-refractivity contribution in [2.45, 2.75) is 51.7 Å². The van der Waals surface area contributed by atoms with E-state index in [1.54, 1.807) is 12.1 Å². The van der Waals surface area contributed by atoms with E-state index in [4.69, 9.17) is 0 Å². The van der Waals surface area contributed by atoms with Gasteiger partial charge in [0.05, 0.1) is 15.4 Å². The fourth-order valence-corrected chi connectivity index (χ4v) is 5.42. The Bertz CT molecular complexity index is 1160. The Kier molecular flexibility index (Phi) is 7.02. The molecule has 0 unspecified atom stereocenters. The van der Waals surface area contributed by atoms with E-state index in [9.17, 15) is 22.4 Å². The Balaban J connectivity index is 1.55. The number of piperidine rings is 1. The van der Waals surface area contributed by atoms with Crippen LogP contribution in [0.4, 0.5) is 17.6 Å². The van der Waals surface area contributed by atoms with Crippen molar-refractivity contribution in [2.24, 2.45) is 5.92 Å². The van der Waals surface area contributed by atoms with Crippen LogP contribution in [0.1, 0.15) is 52.9 Å². The molecule has 180 valence electrons. The number of thiazole rings is 1. The zero-order chi connectivity index (χ0) is 24.5. The molecule has 0 aliphatic carbocycles. The van der Waals surface area contributed by atoms with Crippen LogP contribution in [0, 0.1) is 18.7 Å². The van der Waals surface area contributed by atoms with Gasteiger partial charge < -0.3 is 4.90 Å². The molecule has 1 aromatic carbocycles. The number of carbonyl (C=O) groups is 1. The number of aromatic nitrogens is 2. The van der Waals surface area contributed by atoms with Gasteiger partial charge in [-0.3, -0.25) is 9.78 Å². The number of amides is 1. The molecule has 1 amide bonds. The molecule has 3 heterocycles. The first-order chi connectivity index (χ1) is 16.1. The van der Waals surface area contributed by atoms with E-state index >= 15 is 0 Å². The van der Waals surface area contributed by atoms with Crippen LogP contribution in [0.2, 0.25) is 0 Å². The number of alkyl halides is 3. The number of hydrogen-bond acceptors (Lipinski definition) is 4. The van der Waals surface area contributed by atoms with Crippen molar-refractivity contribution >= 4 is 17.2 Å². The molecular formula is C25H25F4N3OS. The zero-order valence-electron chi connectivity index (χ0n) is 18.9. The third-order valence-corrected chi connectivity index (χ3v) is 7.27. The number of halogens is 4. The molecule has 1 aliphatic rings. The molecule has 1 aliphatic heterocycles. The molecule has 9 heteroatoms. The fraction of sp³-hybridized carbons (Fsp3) is 0.400. The van der Waals surface area contributed by atoms with Gasteiger partial charge >= 0.3 is 6.18 Å². The monoisotopic (exact) mass is 491 g/mol. The molecule has 0 radical (unpaired) electrons. The van der Waals surface area contributed by atoms with Crippen LogP contribution in [0.3, 0.4) is 0 Å². The molecule has 4 nitrogen and oxygen atoms in total. The Morgan fingerprint density at radius 3 is 2.71 bits per heavy atom. The maximum Gasteiger partial charge on any atom is 0.417 e. The summed E-state index contributed by atoms with van der Waals surface area (Å²) in [6.07, 6.45) is -0.695. The lowest BCUT2D eigenvalue weighted by atomic mass is 9.87. The van der Waals surface area contributed by atoms with E-state index in [1.165, 1.54) is 29.5 Å². The number of carbonyl (C=O) groups excluding carboxylic acids is 1. The summed E-state index contributed by atoms with van der Waals surface area (Å²) in [7, 11) is 0. The van der Waals surface area contributed by atoms with Crippen LogP contribution in [-0.4, -0.2) is 33.4 Å². The first-order valence-electron chi connectivity index (χ1n) is 11.2. The van der Waals surface area contributed by atoms with Crippen LogP contribution in [-0.2, 0) is 12.6 Å². The predicted octanol–water partition coefficient (Wildman–Crippen LogP) is 6.54. The molecule has 2 atom stereocenters. The highest BCUT2D eigenvalue weighted by molar-refractivity contribution is 7.15. The van der Waals surface area contributed by atoms with Gasteiger partial charge in [-0.05, 0) is 68.4 Å². The van der Waals surface area contributed by atoms with Crippen LogP contribution in [0.5, 0.6) is 0 Å². The molecular weight excluding hydrogens is 466 g/mol. The molecule has 4 rings (SSSR count). The molecule has 0 N–H and O–H groups in total. The minimum atomic E-state index is -4.42. The van der Waals surface area contributed by atoms with Crippen molar-refractivity contribution in [3.05, 3.63) is 70.4 Å². The third kappa shape index (κ3) is 5.29. The first kappa shape index (κ1) is 24.3. The first-order valence-corrected chi connectivity index (χ1v) is 12.0. The van der Waals surface area contributed by atoms with Crippen LogP contribution in [0.25, 0.3) is 10.4 Å². The summed E-state index contributed by atoms with van der Waals surface area (Å²) < 4.78 is 52.3. The Labute approximate surface area is 199 Å². The average molecular weight is 492 g/mol. The average Bonchev–Trinajstić information content (AvgIpc) is 3.19. The summed E-state index contributed by atoms with van der Waals surface area (Å²) in [6.45, 7) is 4.48. The molecule has 34 heavy (non-hydrogen) atoms. The second kappa shape index (κ2) is 9.82. The summed E-state index contributed by atoms with van der Waals surface area (Å²) in [5, 5.41) is 0.721. The van der Waals surface area contributed by atoms with Crippen LogP contribution < -0.4 is 0 Å². The summed E-state index contributed by atoms with van der Waals surface area (Å²) in [5.74, 6) is -0.347. The standard InChI is InChI=1S/C25H25F4N3OS/c1-15-5-4-12-32(21(15)11-10-20-9-8-18(14-30-20)25(27,28)29)24(33)22-23(34-16(2)31-22)17-6-3-7-19(26)13-17/h3,6-9,13-15,21H,4-5,10-12H2,1-2H3/t15-,21-/m1/s1. The van der Waals surface area contributed by atoms with Gasteiger partial charge in [0.15, 0.2) is 0 Å². The van der Waals surface area contributed by atoms with Gasteiger partial charge in [-0.2, -0.15) is 13.2 Å². The SMILES string of the molecule is Cc1nc(C(=O)N2CCC[C@@H](C)[C@H]2CCc2ccc(C(F)(F)F)cn2)c(-c2cccc(F)c2)s1. The number of rotatable bonds is 5. The van der Waals surface area contributed by atoms with Gasteiger partial charge in [0.1, 0.15) is 11.5 Å². The van der Waals surface area contributed by atoms with Gasteiger partial charge in [0.25, 0.3) is 5.91 Å². The zero-order valence-corrected chi connectivity index (χ0v) is 19.7. The van der Waals surface area contributed by atoms with E-state index in [0.29, 0.717) is 41.2 Å². The van der Waals surface area contributed by atoms with E-state index in [2.05, 4.69) is 16.9 Å². The number of aryl methyl sites for hydroxylation is 2. The molecule has 1 saturated heterocycles. The number of likely N-dealkylation sites (tertiary alicyclic amines) is 1. The Hall–Kier alpha value is -2.81. The highest BCUT2D eigenvalue weighted by Crippen LogP contribution is 2.34. The summed E-state index contributed by atoms with van der Waals surface area (Å²) >= 11 is 1.36. The van der Waals surface area contributed by atoms with Crippen molar-refractivity contribution in [1.29, 1.82) is 0 Å². The van der Waals surface area contributed by atoms with E-state index < -0.39 is 11.7 Å². The third-order valence-electron chi connectivity index (χ3n) is 6.25. The normalized spacial score (nSPS) is 18.8. The predicted molar refractivity (Wildman–Crippen MR) is 123 cm³/mol. The number of hydrogen-bond donors (Lipinski definition) is 0. The summed E-state index contributed by atoms with van der Waals surface area (Å²) in [4.78, 5) is 24.6. The lowest BCUT2D eigenvalue weighted by Gasteiger charge is -2.40. The quantitative estimate of drug-likeness (QED) is 0.381. The van der Waals surface area contributed by atoms with E-state index in [0.717, 1.165) is 30.1 Å². The van der Waals surface area contributed by atoms with Gasteiger partial charge in [-0.1, -0.05) is 19.1 Å². The highest BCUT2D eigenvalue weighted by Gasteiger charge is 2.35. The fourth-order valence-electron chi connectivity index (χ4n) is 4.51. The maximum absolute atomic E-state index is 13.8. The molecule has 1 fully saturated rings. The number of benzene rings is 1. The van der Waals surface area contributed by atoms with Gasteiger partial charge in [0.2, 0.25) is 0 Å². The minimum absolute atomic E-state index is 0.0901. The maximum atomic E-state index is 13.8. The second-order valence-electron chi connectivity index (χ2n) is 8.68. The molecule has 0 saturated carbocycles. The topological polar surface area (TPSA) is 46.1 Å². The molecule has 0 bridgehead atoms. The summed E-state index contributed by atoms with van der Waals surface area (Å²) in [6, 6.07) is 8.48. The number of pyridine rings is 1. The number of nitrogens with zero attached hydrogens (tertiary/aromatic N) is 3. The molecule has 3 aromatic rings. The molecule has 2 aromatic heterocycles. The van der Waals surface area contributed by atoms with Crippen molar-refractivity contribution in [1.82, 2.24) is 14.9 Å². The largest absolute Gasteiger partial charge is 0.417 e.